The second kappa shape index (κ2) is 7.03. The zero-order valence-electron chi connectivity index (χ0n) is 14.5. The third kappa shape index (κ3) is 2.96. The lowest BCUT2D eigenvalue weighted by atomic mass is 10.0. The van der Waals surface area contributed by atoms with Crippen LogP contribution in [-0.4, -0.2) is 5.11 Å². The molecule has 0 atom stereocenters. The molecular weight excluding hydrogens is 320 g/mol. The number of rotatable bonds is 3. The number of benzene rings is 3. The number of fused-ring (bicyclic) bond motifs is 2. The van der Waals surface area contributed by atoms with Crippen molar-refractivity contribution in [3.8, 4) is 6.07 Å². The highest BCUT2D eigenvalue weighted by Gasteiger charge is 2.21. The Kier molecular flexibility index (Phi) is 4.43. The van der Waals surface area contributed by atoms with Gasteiger partial charge in [-0.05, 0) is 53.3 Å². The molecule has 3 nitrogen and oxygen atoms in total. The van der Waals surface area contributed by atoms with E-state index in [9.17, 15) is 10.4 Å². The third-order valence-corrected chi connectivity index (χ3v) is 5.03. The minimum atomic E-state index is 0.0531. The Bertz CT molecular complexity index is 987. The normalized spacial score (nSPS) is 12.7. The molecule has 0 aromatic heterocycles. The first-order valence-electron chi connectivity index (χ1n) is 8.86. The van der Waals surface area contributed by atoms with Gasteiger partial charge in [-0.25, -0.2) is 0 Å². The molecule has 3 aromatic carbocycles. The molecule has 0 unspecified atom stereocenters. The van der Waals surface area contributed by atoms with E-state index in [1.54, 1.807) is 0 Å². The van der Waals surface area contributed by atoms with Crippen LogP contribution in [0.4, 0.5) is 11.4 Å². The SMILES string of the molecule is N#Cc1ccccc1CN1c2ccccc2CCc2cc(CO)ccc21. The summed E-state index contributed by atoms with van der Waals surface area (Å²) in [6, 6.07) is 24.7. The van der Waals surface area contributed by atoms with Gasteiger partial charge in [-0.1, -0.05) is 48.5 Å². The second-order valence-electron chi connectivity index (χ2n) is 6.60. The molecule has 0 saturated heterocycles. The van der Waals surface area contributed by atoms with Gasteiger partial charge in [0.05, 0.1) is 18.2 Å². The Morgan fingerprint density at radius 3 is 2.46 bits per heavy atom. The highest BCUT2D eigenvalue weighted by atomic mass is 16.3. The number of hydrogen-bond acceptors (Lipinski definition) is 3. The van der Waals surface area contributed by atoms with E-state index < -0.39 is 0 Å². The number of nitriles is 1. The van der Waals surface area contributed by atoms with Crippen LogP contribution in [0, 0.1) is 11.3 Å². The van der Waals surface area contributed by atoms with Gasteiger partial charge in [0.2, 0.25) is 0 Å². The van der Waals surface area contributed by atoms with Crippen LogP contribution in [0.3, 0.4) is 0 Å². The zero-order valence-corrected chi connectivity index (χ0v) is 14.5. The van der Waals surface area contributed by atoms with Crippen molar-refractivity contribution >= 4 is 11.4 Å². The molecule has 1 aliphatic rings. The lowest BCUT2D eigenvalue weighted by Gasteiger charge is -2.27. The lowest BCUT2D eigenvalue weighted by Crippen LogP contribution is -2.18. The van der Waals surface area contributed by atoms with Crippen LogP contribution in [0.5, 0.6) is 0 Å². The number of aliphatic hydroxyl groups excluding tert-OH is 1. The predicted octanol–water partition coefficient (Wildman–Crippen LogP) is 4.49. The van der Waals surface area contributed by atoms with Gasteiger partial charge in [-0.3, -0.25) is 0 Å². The van der Waals surface area contributed by atoms with E-state index in [2.05, 4.69) is 47.4 Å². The van der Waals surface area contributed by atoms with Crippen LogP contribution in [0.15, 0.2) is 66.7 Å². The van der Waals surface area contributed by atoms with Crippen molar-refractivity contribution in [2.45, 2.75) is 26.0 Å². The fraction of sp³-hybridized carbons (Fsp3) is 0.174. The molecule has 4 rings (SSSR count). The summed E-state index contributed by atoms with van der Waals surface area (Å²) in [4.78, 5) is 2.30. The number of nitrogens with zero attached hydrogens (tertiary/aromatic N) is 2. The number of aliphatic hydroxyl groups is 1. The van der Waals surface area contributed by atoms with Crippen molar-refractivity contribution in [1.29, 1.82) is 5.26 Å². The Morgan fingerprint density at radius 2 is 1.62 bits per heavy atom. The first-order valence-corrected chi connectivity index (χ1v) is 8.86. The average molecular weight is 340 g/mol. The molecule has 0 radical (unpaired) electrons. The largest absolute Gasteiger partial charge is 0.392 e. The summed E-state index contributed by atoms with van der Waals surface area (Å²) in [6.45, 7) is 0.698. The average Bonchev–Trinajstić information content (AvgIpc) is 2.85. The van der Waals surface area contributed by atoms with E-state index in [1.807, 2.05) is 30.3 Å². The maximum Gasteiger partial charge on any atom is 0.0995 e. The van der Waals surface area contributed by atoms with Gasteiger partial charge in [0.15, 0.2) is 0 Å². The minimum Gasteiger partial charge on any atom is -0.392 e. The highest BCUT2D eigenvalue weighted by Crippen LogP contribution is 2.37. The number of para-hydroxylation sites is 1. The standard InChI is InChI=1S/C23H20N2O/c24-14-20-6-1-2-7-21(20)15-25-22-8-4-3-5-18(22)10-11-19-13-17(16-26)9-12-23(19)25/h1-9,12-13,26H,10-11,15-16H2. The number of aryl methyl sites for hydroxylation is 2. The van der Waals surface area contributed by atoms with Crippen LogP contribution in [-0.2, 0) is 26.0 Å². The van der Waals surface area contributed by atoms with Crippen LogP contribution < -0.4 is 4.90 Å². The van der Waals surface area contributed by atoms with Crippen molar-refractivity contribution in [3.05, 3.63) is 94.5 Å². The van der Waals surface area contributed by atoms with Crippen LogP contribution in [0.1, 0.15) is 27.8 Å². The molecule has 1 aliphatic heterocycles. The quantitative estimate of drug-likeness (QED) is 0.764. The topological polar surface area (TPSA) is 47.3 Å². The van der Waals surface area contributed by atoms with Crippen molar-refractivity contribution in [3.63, 3.8) is 0 Å². The van der Waals surface area contributed by atoms with E-state index in [4.69, 9.17) is 0 Å². The van der Waals surface area contributed by atoms with Gasteiger partial charge in [-0.15, -0.1) is 0 Å². The molecule has 0 amide bonds. The first kappa shape index (κ1) is 16.4. The first-order chi connectivity index (χ1) is 12.8. The second-order valence-corrected chi connectivity index (χ2v) is 6.60. The molecule has 0 saturated carbocycles. The van der Waals surface area contributed by atoms with Crippen molar-refractivity contribution < 1.29 is 5.11 Å². The van der Waals surface area contributed by atoms with Crippen molar-refractivity contribution in [2.75, 3.05) is 4.90 Å². The molecule has 1 heterocycles. The molecule has 0 aliphatic carbocycles. The zero-order chi connectivity index (χ0) is 17.9. The molecule has 0 spiro atoms. The maximum atomic E-state index is 9.50. The van der Waals surface area contributed by atoms with E-state index in [0.29, 0.717) is 12.1 Å². The number of anilines is 2. The van der Waals surface area contributed by atoms with Crippen LogP contribution >= 0.6 is 0 Å². The van der Waals surface area contributed by atoms with Gasteiger partial charge in [0, 0.05) is 17.9 Å². The van der Waals surface area contributed by atoms with Gasteiger partial charge in [-0.2, -0.15) is 5.26 Å². The van der Waals surface area contributed by atoms with Crippen molar-refractivity contribution in [2.24, 2.45) is 0 Å². The summed E-state index contributed by atoms with van der Waals surface area (Å²) in [5.74, 6) is 0. The molecular formula is C23H20N2O. The fourth-order valence-electron chi connectivity index (χ4n) is 3.69. The van der Waals surface area contributed by atoms with Crippen molar-refractivity contribution in [1.82, 2.24) is 0 Å². The fourth-order valence-corrected chi connectivity index (χ4v) is 3.69. The number of hydrogen-bond donors (Lipinski definition) is 1. The Balaban J connectivity index is 1.85. The van der Waals surface area contributed by atoms with Gasteiger partial charge in [0.25, 0.3) is 0 Å². The predicted molar refractivity (Wildman–Crippen MR) is 103 cm³/mol. The molecule has 128 valence electrons. The lowest BCUT2D eigenvalue weighted by molar-refractivity contribution is 0.281. The minimum absolute atomic E-state index is 0.0531. The third-order valence-electron chi connectivity index (χ3n) is 5.03. The Hall–Kier alpha value is -3.09. The van der Waals surface area contributed by atoms with Gasteiger partial charge < -0.3 is 10.0 Å². The summed E-state index contributed by atoms with van der Waals surface area (Å²) in [7, 11) is 0. The van der Waals surface area contributed by atoms with E-state index in [1.165, 1.54) is 16.8 Å². The molecule has 3 heteroatoms. The maximum absolute atomic E-state index is 9.50. The molecule has 0 bridgehead atoms. The molecule has 1 N–H and O–H groups in total. The summed E-state index contributed by atoms with van der Waals surface area (Å²) < 4.78 is 0. The summed E-state index contributed by atoms with van der Waals surface area (Å²) in [6.07, 6.45) is 1.91. The smallest absolute Gasteiger partial charge is 0.0995 e. The van der Waals surface area contributed by atoms with E-state index >= 15 is 0 Å². The van der Waals surface area contributed by atoms with Gasteiger partial charge >= 0.3 is 0 Å². The Morgan fingerprint density at radius 1 is 0.885 bits per heavy atom. The van der Waals surface area contributed by atoms with Crippen LogP contribution in [0.25, 0.3) is 0 Å². The Labute approximate surface area is 153 Å². The monoisotopic (exact) mass is 340 g/mol. The highest BCUT2D eigenvalue weighted by molar-refractivity contribution is 5.72. The van der Waals surface area contributed by atoms with Gasteiger partial charge in [0.1, 0.15) is 0 Å². The summed E-state index contributed by atoms with van der Waals surface area (Å²) >= 11 is 0. The van der Waals surface area contributed by atoms with E-state index in [-0.39, 0.29) is 6.61 Å². The molecule has 3 aromatic rings. The van der Waals surface area contributed by atoms with E-state index in [0.717, 1.165) is 29.7 Å². The summed E-state index contributed by atoms with van der Waals surface area (Å²) in [5.41, 5.74) is 7.56. The molecule has 0 fully saturated rings. The molecule has 26 heavy (non-hydrogen) atoms. The summed E-state index contributed by atoms with van der Waals surface area (Å²) in [5, 5.41) is 19.0. The van der Waals surface area contributed by atoms with Crippen LogP contribution in [0.2, 0.25) is 0 Å².